The molecule has 2 aromatic heterocycles. The van der Waals surface area contributed by atoms with Gasteiger partial charge >= 0.3 is 5.97 Å². The second-order valence-electron chi connectivity index (χ2n) is 10.2. The van der Waals surface area contributed by atoms with Crippen LogP contribution in [-0.4, -0.2) is 26.3 Å². The minimum absolute atomic E-state index is 0.0102. The molecule has 39 heavy (non-hydrogen) atoms. The van der Waals surface area contributed by atoms with Gasteiger partial charge in [-0.15, -0.1) is 0 Å². The number of rotatable bonds is 9. The minimum atomic E-state index is -0.583. The van der Waals surface area contributed by atoms with Gasteiger partial charge in [0.25, 0.3) is 0 Å². The van der Waals surface area contributed by atoms with Crippen LogP contribution in [0, 0.1) is 0 Å². The van der Waals surface area contributed by atoms with Crippen LogP contribution >= 0.6 is 0 Å². The molecule has 0 N–H and O–H groups in total. The quantitative estimate of drug-likeness (QED) is 0.204. The fourth-order valence-corrected chi connectivity index (χ4v) is 4.19. The zero-order valence-electron chi connectivity index (χ0n) is 22.3. The summed E-state index contributed by atoms with van der Waals surface area (Å²) < 4.78 is 19.4. The third-order valence-corrected chi connectivity index (χ3v) is 5.89. The Morgan fingerprint density at radius 3 is 2.05 bits per heavy atom. The van der Waals surface area contributed by atoms with Gasteiger partial charge in [0.15, 0.2) is 0 Å². The number of fused-ring (bicyclic) bond motifs is 1. The Morgan fingerprint density at radius 1 is 0.769 bits per heavy atom. The number of hydrogen-bond acceptors (Lipinski definition) is 6. The second-order valence-corrected chi connectivity index (χ2v) is 10.2. The highest BCUT2D eigenvalue weighted by molar-refractivity contribution is 5.95. The average Bonchev–Trinajstić information content (AvgIpc) is 3.29. The Morgan fingerprint density at radius 2 is 1.38 bits per heavy atom. The molecule has 0 aliphatic carbocycles. The first kappa shape index (κ1) is 26.0. The molecule has 0 radical (unpaired) electrons. The van der Waals surface area contributed by atoms with Gasteiger partial charge in [-0.1, -0.05) is 78.9 Å². The molecule has 0 atom stereocenters. The van der Waals surface area contributed by atoms with E-state index in [0.29, 0.717) is 36.2 Å². The highest BCUT2D eigenvalue weighted by Crippen LogP contribution is 2.35. The smallest absolute Gasteiger partial charge is 0.328 e. The number of esters is 1. The van der Waals surface area contributed by atoms with Crippen LogP contribution < -0.4 is 9.47 Å². The van der Waals surface area contributed by atoms with Gasteiger partial charge in [-0.2, -0.15) is 10.1 Å². The average molecular weight is 522 g/mol. The number of para-hydroxylation sites is 1. The molecule has 5 aromatic rings. The topological polar surface area (TPSA) is 75.5 Å². The van der Waals surface area contributed by atoms with Crippen LogP contribution in [0.4, 0.5) is 0 Å². The molecule has 0 spiro atoms. The van der Waals surface area contributed by atoms with Crippen molar-refractivity contribution in [2.24, 2.45) is 0 Å². The first-order chi connectivity index (χ1) is 18.9. The molecule has 0 amide bonds. The number of carbonyl (C=O) groups excluding carboxylic acids is 1. The van der Waals surface area contributed by atoms with E-state index in [4.69, 9.17) is 24.3 Å². The summed E-state index contributed by atoms with van der Waals surface area (Å²) in [6.45, 7) is 6.25. The standard InChI is InChI=1S/C32H31N3O4/c1-32(2,3)39-29(36)20-35-27-17-11-10-16-25(27)30(34-35)26-18-19-28(37-21-23-12-6-4-7-13-23)33-31(26)38-22-24-14-8-5-9-15-24/h4-19H,20-22H2,1-3H3. The van der Waals surface area contributed by atoms with Crippen molar-refractivity contribution in [1.29, 1.82) is 0 Å². The molecule has 0 unspecified atom stereocenters. The van der Waals surface area contributed by atoms with Crippen molar-refractivity contribution in [2.75, 3.05) is 0 Å². The van der Waals surface area contributed by atoms with Crippen molar-refractivity contribution < 1.29 is 19.0 Å². The Balaban J connectivity index is 1.50. The predicted octanol–water partition coefficient (Wildman–Crippen LogP) is 6.60. The third kappa shape index (κ3) is 6.62. The molecular formula is C32H31N3O4. The number of pyridine rings is 1. The number of nitrogens with zero attached hydrogens (tertiary/aromatic N) is 3. The molecule has 0 saturated carbocycles. The van der Waals surface area contributed by atoms with Crippen LogP contribution in [0.25, 0.3) is 22.2 Å². The largest absolute Gasteiger partial charge is 0.473 e. The summed E-state index contributed by atoms with van der Waals surface area (Å²) in [5, 5.41) is 5.70. The van der Waals surface area contributed by atoms with Crippen LogP contribution in [0.3, 0.4) is 0 Å². The van der Waals surface area contributed by atoms with E-state index in [1.54, 1.807) is 4.68 Å². The van der Waals surface area contributed by atoms with E-state index in [-0.39, 0.29) is 12.5 Å². The van der Waals surface area contributed by atoms with Gasteiger partial charge in [0.1, 0.15) is 31.1 Å². The van der Waals surface area contributed by atoms with Gasteiger partial charge in [-0.05, 0) is 44.0 Å². The van der Waals surface area contributed by atoms with Gasteiger partial charge in [-0.25, -0.2) is 0 Å². The summed E-state index contributed by atoms with van der Waals surface area (Å²) in [7, 11) is 0. The zero-order valence-corrected chi connectivity index (χ0v) is 22.3. The highest BCUT2D eigenvalue weighted by Gasteiger charge is 2.22. The van der Waals surface area contributed by atoms with Crippen molar-refractivity contribution in [1.82, 2.24) is 14.8 Å². The van der Waals surface area contributed by atoms with E-state index < -0.39 is 5.60 Å². The monoisotopic (exact) mass is 521 g/mol. The lowest BCUT2D eigenvalue weighted by Gasteiger charge is -2.19. The van der Waals surface area contributed by atoms with Gasteiger partial charge in [0, 0.05) is 11.5 Å². The maximum absolute atomic E-state index is 12.6. The van der Waals surface area contributed by atoms with E-state index in [2.05, 4.69) is 0 Å². The predicted molar refractivity (Wildman–Crippen MR) is 150 cm³/mol. The van der Waals surface area contributed by atoms with Crippen molar-refractivity contribution >= 4 is 16.9 Å². The van der Waals surface area contributed by atoms with Crippen molar-refractivity contribution in [3.05, 3.63) is 108 Å². The number of carbonyl (C=O) groups is 1. The first-order valence-electron chi connectivity index (χ1n) is 12.9. The lowest BCUT2D eigenvalue weighted by atomic mass is 10.1. The summed E-state index contributed by atoms with van der Waals surface area (Å²) in [5.41, 5.74) is 3.66. The number of benzene rings is 3. The maximum Gasteiger partial charge on any atom is 0.328 e. The fraction of sp³-hybridized carbons (Fsp3) is 0.219. The molecule has 3 aromatic carbocycles. The zero-order chi connectivity index (χ0) is 27.2. The first-order valence-corrected chi connectivity index (χ1v) is 12.9. The van der Waals surface area contributed by atoms with Gasteiger partial charge < -0.3 is 14.2 Å². The second kappa shape index (κ2) is 11.4. The van der Waals surface area contributed by atoms with Gasteiger partial charge in [0.2, 0.25) is 11.8 Å². The van der Waals surface area contributed by atoms with E-state index in [1.807, 2.05) is 118 Å². The third-order valence-electron chi connectivity index (χ3n) is 5.89. The molecule has 0 fully saturated rings. The maximum atomic E-state index is 12.6. The number of aromatic nitrogens is 3. The van der Waals surface area contributed by atoms with Crippen LogP contribution in [0.5, 0.6) is 11.8 Å². The normalized spacial score (nSPS) is 11.4. The molecular weight excluding hydrogens is 490 g/mol. The summed E-state index contributed by atoms with van der Waals surface area (Å²) in [4.78, 5) is 17.4. The van der Waals surface area contributed by atoms with E-state index in [9.17, 15) is 4.79 Å². The van der Waals surface area contributed by atoms with Gasteiger partial charge in [0.05, 0.1) is 11.1 Å². The summed E-state index contributed by atoms with van der Waals surface area (Å²) in [5.74, 6) is 0.492. The molecule has 0 aliphatic rings. The lowest BCUT2D eigenvalue weighted by Crippen LogP contribution is -2.26. The molecule has 0 aliphatic heterocycles. The highest BCUT2D eigenvalue weighted by atomic mass is 16.6. The summed E-state index contributed by atoms with van der Waals surface area (Å²) in [6.07, 6.45) is 0. The Bertz CT molecular complexity index is 1560. The molecule has 7 heteroatoms. The van der Waals surface area contributed by atoms with Crippen molar-refractivity contribution in [3.63, 3.8) is 0 Å². The molecule has 198 valence electrons. The van der Waals surface area contributed by atoms with Crippen molar-refractivity contribution in [3.8, 4) is 23.0 Å². The van der Waals surface area contributed by atoms with Crippen LogP contribution in [-0.2, 0) is 29.3 Å². The van der Waals surface area contributed by atoms with Crippen molar-refractivity contribution in [2.45, 2.75) is 46.1 Å². The van der Waals surface area contributed by atoms with E-state index >= 15 is 0 Å². The van der Waals surface area contributed by atoms with Crippen LogP contribution in [0.15, 0.2) is 97.1 Å². The SMILES string of the molecule is CC(C)(C)OC(=O)Cn1nc(-c2ccc(OCc3ccccc3)nc2OCc2ccccc2)c2ccccc21. The number of ether oxygens (including phenoxy) is 3. The Hall–Kier alpha value is -4.65. The summed E-state index contributed by atoms with van der Waals surface area (Å²) in [6, 6.07) is 31.3. The molecule has 7 nitrogen and oxygen atoms in total. The lowest BCUT2D eigenvalue weighted by molar-refractivity contribution is -0.155. The Labute approximate surface area is 228 Å². The number of hydrogen-bond donors (Lipinski definition) is 0. The summed E-state index contributed by atoms with van der Waals surface area (Å²) >= 11 is 0. The minimum Gasteiger partial charge on any atom is -0.473 e. The van der Waals surface area contributed by atoms with Crippen LogP contribution in [0.1, 0.15) is 31.9 Å². The fourth-order valence-electron chi connectivity index (χ4n) is 4.19. The molecule has 5 rings (SSSR count). The van der Waals surface area contributed by atoms with E-state index in [1.165, 1.54) is 0 Å². The molecule has 0 bridgehead atoms. The van der Waals surface area contributed by atoms with Gasteiger partial charge in [-0.3, -0.25) is 9.48 Å². The van der Waals surface area contributed by atoms with E-state index in [0.717, 1.165) is 22.0 Å². The molecule has 2 heterocycles. The van der Waals surface area contributed by atoms with Crippen LogP contribution in [0.2, 0.25) is 0 Å². The molecule has 0 saturated heterocycles. The Kier molecular flexibility index (Phi) is 7.59.